The van der Waals surface area contributed by atoms with Crippen molar-refractivity contribution in [1.29, 1.82) is 0 Å². The summed E-state index contributed by atoms with van der Waals surface area (Å²) in [7, 11) is 0. The van der Waals surface area contributed by atoms with Crippen LogP contribution in [0.2, 0.25) is 0 Å². The molecule has 104 valence electrons. The lowest BCUT2D eigenvalue weighted by atomic mass is 9.82. The number of hydrogen-bond acceptors (Lipinski definition) is 3. The molecule has 2 heterocycles. The van der Waals surface area contributed by atoms with Gasteiger partial charge in [0.15, 0.2) is 0 Å². The summed E-state index contributed by atoms with van der Waals surface area (Å²) in [6.45, 7) is 12.3. The number of carbonyl (C=O) groups is 1. The van der Waals surface area contributed by atoms with Crippen LogP contribution in [0.15, 0.2) is 0 Å². The maximum absolute atomic E-state index is 12.8. The normalized spacial score (nSPS) is 33.9. The van der Waals surface area contributed by atoms with Crippen LogP contribution in [0.4, 0.5) is 0 Å². The summed E-state index contributed by atoms with van der Waals surface area (Å²) in [5.74, 6) is 0.387. The van der Waals surface area contributed by atoms with Crippen LogP contribution in [0.3, 0.4) is 0 Å². The van der Waals surface area contributed by atoms with Crippen LogP contribution in [-0.4, -0.2) is 61.0 Å². The lowest BCUT2D eigenvalue weighted by molar-refractivity contribution is -0.144. The highest BCUT2D eigenvalue weighted by Gasteiger charge is 2.43. The molecule has 4 heteroatoms. The molecule has 18 heavy (non-hydrogen) atoms. The van der Waals surface area contributed by atoms with Gasteiger partial charge in [0, 0.05) is 32.2 Å². The first-order chi connectivity index (χ1) is 8.63. The van der Waals surface area contributed by atoms with E-state index in [0.29, 0.717) is 11.9 Å². The Morgan fingerprint density at radius 2 is 2.17 bits per heavy atom. The van der Waals surface area contributed by atoms with Gasteiger partial charge in [-0.25, -0.2) is 0 Å². The number of carbonyl (C=O) groups excluding carboxylic acids is 1. The molecule has 0 radical (unpaired) electrons. The van der Waals surface area contributed by atoms with Gasteiger partial charge in [0.1, 0.15) is 0 Å². The predicted molar refractivity (Wildman–Crippen MR) is 73.5 cm³/mol. The summed E-state index contributed by atoms with van der Waals surface area (Å²) in [5, 5.41) is 3.36. The summed E-state index contributed by atoms with van der Waals surface area (Å²) >= 11 is 0. The summed E-state index contributed by atoms with van der Waals surface area (Å²) in [6.07, 6.45) is 1.96. The van der Waals surface area contributed by atoms with Crippen molar-refractivity contribution >= 4 is 5.91 Å². The Kier molecular flexibility index (Phi) is 4.28. The predicted octanol–water partition coefficient (Wildman–Crippen LogP) is 0.929. The SMILES string of the molecule is CCN1CCN(C(=O)C2(CC)CCNC2)CC1C. The Labute approximate surface area is 111 Å². The third kappa shape index (κ3) is 2.41. The van der Waals surface area contributed by atoms with E-state index in [4.69, 9.17) is 0 Å². The number of nitrogens with zero attached hydrogens (tertiary/aromatic N) is 2. The Morgan fingerprint density at radius 1 is 1.39 bits per heavy atom. The van der Waals surface area contributed by atoms with Crippen LogP contribution < -0.4 is 5.32 Å². The number of likely N-dealkylation sites (N-methyl/N-ethyl adjacent to an activating group) is 1. The number of rotatable bonds is 3. The molecule has 1 amide bonds. The fraction of sp³-hybridized carbons (Fsp3) is 0.929. The van der Waals surface area contributed by atoms with Crippen molar-refractivity contribution in [2.45, 2.75) is 39.7 Å². The van der Waals surface area contributed by atoms with Gasteiger partial charge >= 0.3 is 0 Å². The molecular formula is C14H27N3O. The standard InChI is InChI=1S/C14H27N3O/c1-4-14(6-7-15-11-14)13(18)17-9-8-16(5-2)12(3)10-17/h12,15H,4-11H2,1-3H3. The Balaban J connectivity index is 2.01. The minimum absolute atomic E-state index is 0.117. The van der Waals surface area contributed by atoms with Crippen molar-refractivity contribution in [3.63, 3.8) is 0 Å². The van der Waals surface area contributed by atoms with E-state index in [2.05, 4.69) is 35.9 Å². The van der Waals surface area contributed by atoms with E-state index < -0.39 is 0 Å². The number of hydrogen-bond donors (Lipinski definition) is 1. The number of piperazine rings is 1. The first kappa shape index (κ1) is 13.8. The van der Waals surface area contributed by atoms with E-state index in [1.54, 1.807) is 0 Å². The van der Waals surface area contributed by atoms with Crippen molar-refractivity contribution in [2.75, 3.05) is 39.3 Å². The van der Waals surface area contributed by atoms with E-state index in [1.165, 1.54) is 0 Å². The minimum atomic E-state index is -0.117. The second-order valence-electron chi connectivity index (χ2n) is 5.79. The zero-order valence-electron chi connectivity index (χ0n) is 12.0. The van der Waals surface area contributed by atoms with Crippen molar-refractivity contribution in [3.05, 3.63) is 0 Å². The third-order valence-electron chi connectivity index (χ3n) is 4.83. The lowest BCUT2D eigenvalue weighted by Gasteiger charge is -2.42. The highest BCUT2D eigenvalue weighted by atomic mass is 16.2. The average molecular weight is 253 g/mol. The average Bonchev–Trinajstić information content (AvgIpc) is 2.87. The molecule has 2 rings (SSSR count). The van der Waals surface area contributed by atoms with Crippen LogP contribution in [-0.2, 0) is 4.79 Å². The maximum atomic E-state index is 12.8. The van der Waals surface area contributed by atoms with Crippen molar-refractivity contribution in [2.24, 2.45) is 5.41 Å². The van der Waals surface area contributed by atoms with Gasteiger partial charge < -0.3 is 10.2 Å². The molecule has 0 aromatic rings. The first-order valence-corrected chi connectivity index (χ1v) is 7.37. The van der Waals surface area contributed by atoms with Gasteiger partial charge in [0.2, 0.25) is 5.91 Å². The zero-order chi connectivity index (χ0) is 13.2. The minimum Gasteiger partial charge on any atom is -0.339 e. The molecule has 2 fully saturated rings. The molecule has 4 nitrogen and oxygen atoms in total. The third-order valence-corrected chi connectivity index (χ3v) is 4.83. The number of amides is 1. The van der Waals surface area contributed by atoms with E-state index in [1.807, 2.05) is 0 Å². The Bertz CT molecular complexity index is 299. The first-order valence-electron chi connectivity index (χ1n) is 7.37. The van der Waals surface area contributed by atoms with Crippen molar-refractivity contribution < 1.29 is 4.79 Å². The molecule has 1 N–H and O–H groups in total. The van der Waals surface area contributed by atoms with Gasteiger partial charge in [0.25, 0.3) is 0 Å². The van der Waals surface area contributed by atoms with Gasteiger partial charge in [-0.15, -0.1) is 0 Å². The highest BCUT2D eigenvalue weighted by molar-refractivity contribution is 5.83. The van der Waals surface area contributed by atoms with Crippen LogP contribution in [0.25, 0.3) is 0 Å². The van der Waals surface area contributed by atoms with E-state index in [0.717, 1.165) is 52.1 Å². The fourth-order valence-electron chi connectivity index (χ4n) is 3.36. The van der Waals surface area contributed by atoms with Crippen LogP contribution in [0.1, 0.15) is 33.6 Å². The van der Waals surface area contributed by atoms with Gasteiger partial charge in [-0.05, 0) is 32.9 Å². The molecule has 2 atom stereocenters. The fourth-order valence-corrected chi connectivity index (χ4v) is 3.36. The summed E-state index contributed by atoms with van der Waals surface area (Å²) in [5.41, 5.74) is -0.117. The summed E-state index contributed by atoms with van der Waals surface area (Å²) in [6, 6.07) is 0.496. The molecule has 0 spiro atoms. The van der Waals surface area contributed by atoms with E-state index in [9.17, 15) is 4.79 Å². The molecule has 2 aliphatic rings. The van der Waals surface area contributed by atoms with Gasteiger partial charge in [-0.2, -0.15) is 0 Å². The van der Waals surface area contributed by atoms with Crippen LogP contribution in [0.5, 0.6) is 0 Å². The molecule has 0 aromatic carbocycles. The second-order valence-corrected chi connectivity index (χ2v) is 5.79. The molecule has 0 bridgehead atoms. The maximum Gasteiger partial charge on any atom is 0.230 e. The largest absolute Gasteiger partial charge is 0.339 e. The second kappa shape index (κ2) is 5.57. The molecule has 2 unspecified atom stereocenters. The zero-order valence-corrected chi connectivity index (χ0v) is 12.0. The molecule has 0 aliphatic carbocycles. The monoisotopic (exact) mass is 253 g/mol. The van der Waals surface area contributed by atoms with E-state index in [-0.39, 0.29) is 5.41 Å². The van der Waals surface area contributed by atoms with Crippen molar-refractivity contribution in [3.8, 4) is 0 Å². The molecule has 2 aliphatic heterocycles. The quantitative estimate of drug-likeness (QED) is 0.813. The molecular weight excluding hydrogens is 226 g/mol. The lowest BCUT2D eigenvalue weighted by Crippen LogP contribution is -2.57. The van der Waals surface area contributed by atoms with E-state index >= 15 is 0 Å². The van der Waals surface area contributed by atoms with Gasteiger partial charge in [0.05, 0.1) is 5.41 Å². The van der Waals surface area contributed by atoms with Gasteiger partial charge in [-0.3, -0.25) is 9.69 Å². The van der Waals surface area contributed by atoms with Crippen molar-refractivity contribution in [1.82, 2.24) is 15.1 Å². The van der Waals surface area contributed by atoms with Crippen LogP contribution >= 0.6 is 0 Å². The van der Waals surface area contributed by atoms with Crippen LogP contribution in [0, 0.1) is 5.41 Å². The Hall–Kier alpha value is -0.610. The van der Waals surface area contributed by atoms with Gasteiger partial charge in [-0.1, -0.05) is 13.8 Å². The molecule has 0 aromatic heterocycles. The molecule has 0 saturated carbocycles. The smallest absolute Gasteiger partial charge is 0.230 e. The highest BCUT2D eigenvalue weighted by Crippen LogP contribution is 2.32. The summed E-state index contributed by atoms with van der Waals surface area (Å²) in [4.78, 5) is 17.3. The molecule has 2 saturated heterocycles. The summed E-state index contributed by atoms with van der Waals surface area (Å²) < 4.78 is 0. The Morgan fingerprint density at radius 3 is 2.67 bits per heavy atom. The topological polar surface area (TPSA) is 35.6 Å². The number of nitrogens with one attached hydrogen (secondary N) is 1.